The summed E-state index contributed by atoms with van der Waals surface area (Å²) in [7, 11) is 1.70. The van der Waals surface area contributed by atoms with E-state index in [0.29, 0.717) is 12.4 Å². The van der Waals surface area contributed by atoms with Gasteiger partial charge in [-0.1, -0.05) is 6.07 Å². The van der Waals surface area contributed by atoms with Crippen molar-refractivity contribution in [2.24, 2.45) is 0 Å². The summed E-state index contributed by atoms with van der Waals surface area (Å²) in [6.45, 7) is 5.21. The molecule has 0 radical (unpaired) electrons. The molecule has 1 aliphatic rings. The van der Waals surface area contributed by atoms with Crippen LogP contribution in [0.1, 0.15) is 10.7 Å². The van der Waals surface area contributed by atoms with Crippen molar-refractivity contribution in [1.82, 2.24) is 9.88 Å². The maximum atomic E-state index is 13.0. The Morgan fingerprint density at radius 1 is 1.03 bits per heavy atom. The van der Waals surface area contributed by atoms with Crippen molar-refractivity contribution >= 4 is 17.0 Å². The van der Waals surface area contributed by atoms with E-state index in [4.69, 9.17) is 9.47 Å². The number of nitrogens with zero attached hydrogens (tertiary/aromatic N) is 3. The second-order valence-electron chi connectivity index (χ2n) is 6.94. The van der Waals surface area contributed by atoms with E-state index in [1.165, 1.54) is 17.8 Å². The number of rotatable bonds is 7. The highest BCUT2D eigenvalue weighted by Gasteiger charge is 2.18. The lowest BCUT2D eigenvalue weighted by molar-refractivity contribution is 0.246. The van der Waals surface area contributed by atoms with E-state index in [-0.39, 0.29) is 5.82 Å². The van der Waals surface area contributed by atoms with Gasteiger partial charge in [0.15, 0.2) is 0 Å². The molecule has 1 saturated heterocycles. The van der Waals surface area contributed by atoms with Crippen LogP contribution < -0.4 is 14.4 Å². The Bertz CT molecular complexity index is 924. The number of aromatic nitrogens is 1. The second-order valence-corrected chi connectivity index (χ2v) is 7.88. The van der Waals surface area contributed by atoms with Gasteiger partial charge in [-0.15, -0.1) is 11.3 Å². The van der Waals surface area contributed by atoms with Gasteiger partial charge < -0.3 is 14.4 Å². The molecule has 1 aromatic heterocycles. The largest absolute Gasteiger partial charge is 0.497 e. The van der Waals surface area contributed by atoms with Crippen molar-refractivity contribution in [3.63, 3.8) is 0 Å². The lowest BCUT2D eigenvalue weighted by Crippen LogP contribution is -2.46. The summed E-state index contributed by atoms with van der Waals surface area (Å²) in [6.07, 6.45) is 0. The van der Waals surface area contributed by atoms with Crippen molar-refractivity contribution in [2.45, 2.75) is 13.2 Å². The first kappa shape index (κ1) is 19.7. The van der Waals surface area contributed by atoms with Gasteiger partial charge in [0.1, 0.15) is 28.9 Å². The molecule has 0 N–H and O–H groups in total. The fourth-order valence-corrected chi connectivity index (χ4v) is 4.06. The normalized spacial score (nSPS) is 14.8. The summed E-state index contributed by atoms with van der Waals surface area (Å²) in [6, 6.07) is 14.3. The Kier molecular flexibility index (Phi) is 6.27. The molecule has 0 atom stereocenters. The van der Waals surface area contributed by atoms with Crippen molar-refractivity contribution in [2.75, 3.05) is 38.2 Å². The molecule has 7 heteroatoms. The van der Waals surface area contributed by atoms with Crippen LogP contribution in [0.5, 0.6) is 11.5 Å². The fraction of sp³-hybridized carbons (Fsp3) is 0.318. The number of methoxy groups -OCH3 is 1. The fourth-order valence-electron chi connectivity index (χ4n) is 3.36. The molecule has 0 spiro atoms. The van der Waals surface area contributed by atoms with Crippen molar-refractivity contribution in [3.05, 3.63) is 70.4 Å². The lowest BCUT2D eigenvalue weighted by Gasteiger charge is -2.35. The minimum absolute atomic E-state index is 0.264. The maximum Gasteiger partial charge on any atom is 0.140 e. The molecule has 5 nitrogen and oxygen atoms in total. The average Bonchev–Trinajstić information content (AvgIpc) is 3.21. The number of anilines is 1. The lowest BCUT2D eigenvalue weighted by atomic mass is 10.2. The average molecular weight is 414 g/mol. The molecule has 2 aromatic carbocycles. The third-order valence-corrected chi connectivity index (χ3v) is 5.82. The molecule has 152 valence electrons. The Morgan fingerprint density at radius 3 is 2.59 bits per heavy atom. The van der Waals surface area contributed by atoms with Crippen LogP contribution in [0, 0.1) is 5.82 Å². The van der Waals surface area contributed by atoms with Crippen molar-refractivity contribution in [3.8, 4) is 11.5 Å². The molecule has 0 unspecified atom stereocenters. The van der Waals surface area contributed by atoms with Gasteiger partial charge >= 0.3 is 0 Å². The first-order valence-corrected chi connectivity index (χ1v) is 10.5. The van der Waals surface area contributed by atoms with Gasteiger partial charge in [0, 0.05) is 49.9 Å². The minimum Gasteiger partial charge on any atom is -0.497 e. The summed E-state index contributed by atoms with van der Waals surface area (Å²) < 4.78 is 24.0. The van der Waals surface area contributed by atoms with Gasteiger partial charge in [-0.2, -0.15) is 0 Å². The topological polar surface area (TPSA) is 37.8 Å². The zero-order valence-corrected chi connectivity index (χ0v) is 17.2. The third-order valence-electron chi connectivity index (χ3n) is 4.95. The van der Waals surface area contributed by atoms with E-state index in [9.17, 15) is 4.39 Å². The monoisotopic (exact) mass is 413 g/mol. The Hall–Kier alpha value is -2.64. The van der Waals surface area contributed by atoms with E-state index < -0.39 is 0 Å². The summed E-state index contributed by atoms with van der Waals surface area (Å²) in [5, 5.41) is 3.02. The van der Waals surface area contributed by atoms with Crippen LogP contribution in [-0.4, -0.2) is 43.2 Å². The van der Waals surface area contributed by atoms with Gasteiger partial charge in [-0.05, 0) is 36.4 Å². The van der Waals surface area contributed by atoms with Crippen molar-refractivity contribution < 1.29 is 13.9 Å². The quantitative estimate of drug-likeness (QED) is 0.581. The third kappa shape index (κ3) is 5.25. The maximum absolute atomic E-state index is 13.0. The molecule has 1 aliphatic heterocycles. The van der Waals surface area contributed by atoms with Crippen LogP contribution >= 0.6 is 11.3 Å². The van der Waals surface area contributed by atoms with Crippen LogP contribution in [0.4, 0.5) is 10.1 Å². The van der Waals surface area contributed by atoms with Gasteiger partial charge in [0.25, 0.3) is 0 Å². The number of ether oxygens (including phenoxy) is 2. The van der Waals surface area contributed by atoms with E-state index >= 15 is 0 Å². The highest BCUT2D eigenvalue weighted by atomic mass is 32.1. The SMILES string of the molecule is COc1cccc(N2CCN(Cc3csc(COc4ccc(F)cc4)n3)CC2)c1. The van der Waals surface area contributed by atoms with Crippen LogP contribution in [-0.2, 0) is 13.2 Å². The summed E-state index contributed by atoms with van der Waals surface area (Å²) in [4.78, 5) is 9.50. The Balaban J connectivity index is 1.26. The van der Waals surface area contributed by atoms with Crippen LogP contribution in [0.2, 0.25) is 0 Å². The highest BCUT2D eigenvalue weighted by molar-refractivity contribution is 7.09. The molecule has 2 heterocycles. The molecule has 1 fully saturated rings. The molecular formula is C22H24FN3O2S. The summed E-state index contributed by atoms with van der Waals surface area (Å²) in [5.74, 6) is 1.28. The van der Waals surface area contributed by atoms with Crippen LogP contribution in [0.15, 0.2) is 53.9 Å². The summed E-state index contributed by atoms with van der Waals surface area (Å²) in [5.41, 5.74) is 2.28. The Morgan fingerprint density at radius 2 is 1.83 bits per heavy atom. The minimum atomic E-state index is -0.264. The smallest absolute Gasteiger partial charge is 0.140 e. The molecule has 0 saturated carbocycles. The first-order chi connectivity index (χ1) is 14.2. The molecular weight excluding hydrogens is 389 g/mol. The number of hydrogen-bond donors (Lipinski definition) is 0. The van der Waals surface area contributed by atoms with Gasteiger partial charge in [0.2, 0.25) is 0 Å². The van der Waals surface area contributed by atoms with Gasteiger partial charge in [-0.3, -0.25) is 4.90 Å². The van der Waals surface area contributed by atoms with E-state index in [1.807, 2.05) is 12.1 Å². The molecule has 0 aliphatic carbocycles. The van der Waals surface area contributed by atoms with Crippen LogP contribution in [0.25, 0.3) is 0 Å². The van der Waals surface area contributed by atoms with E-state index in [1.54, 1.807) is 30.6 Å². The number of benzene rings is 2. The van der Waals surface area contributed by atoms with Crippen molar-refractivity contribution in [1.29, 1.82) is 0 Å². The number of halogens is 1. The second kappa shape index (κ2) is 9.24. The zero-order chi connectivity index (χ0) is 20.1. The molecule has 0 bridgehead atoms. The Labute approximate surface area is 174 Å². The predicted octanol–water partition coefficient (Wildman–Crippen LogP) is 4.19. The van der Waals surface area contributed by atoms with Gasteiger partial charge in [-0.25, -0.2) is 9.37 Å². The number of hydrogen-bond acceptors (Lipinski definition) is 6. The first-order valence-electron chi connectivity index (χ1n) is 9.62. The number of piperazine rings is 1. The zero-order valence-electron chi connectivity index (χ0n) is 16.4. The predicted molar refractivity (Wildman–Crippen MR) is 113 cm³/mol. The molecule has 4 rings (SSSR count). The summed E-state index contributed by atoms with van der Waals surface area (Å²) >= 11 is 1.60. The van der Waals surface area contributed by atoms with Crippen LogP contribution in [0.3, 0.4) is 0 Å². The van der Waals surface area contributed by atoms with E-state index in [2.05, 4.69) is 32.3 Å². The molecule has 0 amide bonds. The molecule has 29 heavy (non-hydrogen) atoms. The highest BCUT2D eigenvalue weighted by Crippen LogP contribution is 2.23. The standard InChI is InChI=1S/C22H24FN3O2S/c1-27-21-4-2-3-19(13-21)26-11-9-25(10-12-26)14-18-16-29-22(24-18)15-28-20-7-5-17(23)6-8-20/h2-8,13,16H,9-12,14-15H2,1H3. The van der Waals surface area contributed by atoms with E-state index in [0.717, 1.165) is 49.2 Å². The molecule has 3 aromatic rings. The number of thiazole rings is 1. The van der Waals surface area contributed by atoms with Gasteiger partial charge in [0.05, 0.1) is 12.8 Å².